The molecule has 0 spiro atoms. The van der Waals surface area contributed by atoms with E-state index in [1.165, 1.54) is 20.2 Å². The number of para-hydroxylation sites is 1. The summed E-state index contributed by atoms with van der Waals surface area (Å²) in [6.07, 6.45) is 0. The van der Waals surface area contributed by atoms with Crippen LogP contribution in [0.1, 0.15) is 0 Å². The lowest BCUT2D eigenvalue weighted by atomic mass is 9.99. The third-order valence-corrected chi connectivity index (χ3v) is 12.1. The molecule has 0 unspecified atom stereocenters. The fourth-order valence-corrected chi connectivity index (χ4v) is 9.34. The van der Waals surface area contributed by atoms with Gasteiger partial charge in [-0.25, -0.2) is 15.0 Å². The molecule has 0 N–H and O–H groups in total. The number of rotatable bonds is 5. The molecule has 57 heavy (non-hydrogen) atoms. The molecule has 0 radical (unpaired) electrons. The number of furan rings is 2. The van der Waals surface area contributed by atoms with E-state index in [-0.39, 0.29) is 0 Å². The summed E-state index contributed by atoms with van der Waals surface area (Å²) in [4.78, 5) is 15.4. The molecule has 4 heterocycles. The van der Waals surface area contributed by atoms with Crippen LogP contribution in [-0.2, 0) is 0 Å². The second-order valence-electron chi connectivity index (χ2n) is 14.4. The van der Waals surface area contributed by atoms with Crippen molar-refractivity contribution in [2.24, 2.45) is 0 Å². The summed E-state index contributed by atoms with van der Waals surface area (Å²) in [5.41, 5.74) is 10.3. The summed E-state index contributed by atoms with van der Waals surface area (Å²) in [6, 6.07) is 61.0. The van der Waals surface area contributed by atoms with Crippen LogP contribution in [0, 0.1) is 0 Å². The molecule has 12 aromatic rings. The van der Waals surface area contributed by atoms with E-state index in [9.17, 15) is 0 Å². The molecule has 0 saturated carbocycles. The van der Waals surface area contributed by atoms with Gasteiger partial charge in [0, 0.05) is 58.4 Å². The lowest BCUT2D eigenvalue weighted by Crippen LogP contribution is -2.00. The third kappa shape index (κ3) is 5.26. The number of hydrogen-bond donors (Lipinski definition) is 0. The topological polar surface area (TPSA) is 65.0 Å². The Balaban J connectivity index is 1.01. The van der Waals surface area contributed by atoms with Gasteiger partial charge in [0.25, 0.3) is 0 Å². The summed E-state index contributed by atoms with van der Waals surface area (Å²) in [5, 5.41) is 6.84. The van der Waals surface area contributed by atoms with Gasteiger partial charge in [-0.15, -0.1) is 11.3 Å². The highest BCUT2D eigenvalue weighted by Crippen LogP contribution is 2.40. The van der Waals surface area contributed by atoms with E-state index in [4.69, 9.17) is 23.8 Å². The normalized spacial score (nSPS) is 11.9. The van der Waals surface area contributed by atoms with Crippen LogP contribution in [0.25, 0.3) is 120 Å². The van der Waals surface area contributed by atoms with Gasteiger partial charge in [0.2, 0.25) is 0 Å². The number of fused-ring (bicyclic) bond motifs is 9. The second kappa shape index (κ2) is 12.6. The number of hydrogen-bond acceptors (Lipinski definition) is 6. The first-order valence-electron chi connectivity index (χ1n) is 18.9. The zero-order chi connectivity index (χ0) is 37.5. The smallest absolute Gasteiger partial charge is 0.164 e. The molecule has 0 atom stereocenters. The van der Waals surface area contributed by atoms with Crippen LogP contribution < -0.4 is 0 Å². The van der Waals surface area contributed by atoms with Gasteiger partial charge in [0.15, 0.2) is 17.5 Å². The molecule has 4 aromatic heterocycles. The largest absolute Gasteiger partial charge is 0.456 e. The molecule has 266 valence electrons. The van der Waals surface area contributed by atoms with E-state index in [0.29, 0.717) is 17.5 Å². The number of benzene rings is 8. The van der Waals surface area contributed by atoms with Crippen LogP contribution in [0.5, 0.6) is 0 Å². The average molecular weight is 748 g/mol. The van der Waals surface area contributed by atoms with Crippen LogP contribution >= 0.6 is 11.3 Å². The minimum absolute atomic E-state index is 0.558. The van der Waals surface area contributed by atoms with Gasteiger partial charge < -0.3 is 8.83 Å². The van der Waals surface area contributed by atoms with Crippen molar-refractivity contribution in [2.75, 3.05) is 0 Å². The SMILES string of the molecule is c1ccc(-c2cccc3oc4cc(-c5nc(-c6cccc(-c7ccc8c(c7)sc7ccccc78)c6)nc(-c6ccc7c(c6)oc6ccccc67)n5)ccc4c23)cc1. The van der Waals surface area contributed by atoms with E-state index >= 15 is 0 Å². The van der Waals surface area contributed by atoms with Crippen molar-refractivity contribution in [3.05, 3.63) is 176 Å². The molecule has 0 fully saturated rings. The van der Waals surface area contributed by atoms with E-state index in [0.717, 1.165) is 82.8 Å². The minimum atomic E-state index is 0.558. The van der Waals surface area contributed by atoms with Crippen molar-refractivity contribution in [3.63, 3.8) is 0 Å². The Labute approximate surface area is 330 Å². The van der Waals surface area contributed by atoms with E-state index < -0.39 is 0 Å². The summed E-state index contributed by atoms with van der Waals surface area (Å²) >= 11 is 1.83. The molecule has 8 aromatic carbocycles. The first kappa shape index (κ1) is 31.9. The second-order valence-corrected chi connectivity index (χ2v) is 15.4. The molecule has 12 rings (SSSR count). The Morgan fingerprint density at radius 3 is 1.67 bits per heavy atom. The molecular formula is C51H29N3O2S. The lowest BCUT2D eigenvalue weighted by molar-refractivity contribution is 0.668. The first-order chi connectivity index (χ1) is 28.2. The van der Waals surface area contributed by atoms with Crippen LogP contribution in [0.15, 0.2) is 185 Å². The van der Waals surface area contributed by atoms with E-state index in [1.54, 1.807) is 0 Å². The summed E-state index contributed by atoms with van der Waals surface area (Å²) < 4.78 is 15.4. The Morgan fingerprint density at radius 2 is 0.842 bits per heavy atom. The van der Waals surface area contributed by atoms with Crippen molar-refractivity contribution in [1.29, 1.82) is 0 Å². The number of nitrogens with zero attached hydrogens (tertiary/aromatic N) is 3. The van der Waals surface area contributed by atoms with Gasteiger partial charge in [-0.05, 0) is 76.9 Å². The van der Waals surface area contributed by atoms with Crippen LogP contribution in [0.2, 0.25) is 0 Å². The van der Waals surface area contributed by atoms with Crippen LogP contribution in [0.4, 0.5) is 0 Å². The zero-order valence-corrected chi connectivity index (χ0v) is 31.1. The highest BCUT2D eigenvalue weighted by atomic mass is 32.1. The highest BCUT2D eigenvalue weighted by Gasteiger charge is 2.18. The van der Waals surface area contributed by atoms with Gasteiger partial charge in [0.1, 0.15) is 22.3 Å². The lowest BCUT2D eigenvalue weighted by Gasteiger charge is -2.10. The standard InChI is InChI=1S/C51H29N3O2S/c1-2-10-30(11-3-1)36-16-9-18-43-48(36)41-25-22-35(28-45(41)56-43)51-53-49(52-50(54-51)34-21-23-38-37-14-4-6-17-42(37)55-44(38)27-34)33-13-8-12-31(26-33)32-20-24-40-39-15-5-7-19-46(39)57-47(40)29-32/h1-29H. The van der Waals surface area contributed by atoms with Crippen molar-refractivity contribution in [1.82, 2.24) is 15.0 Å². The van der Waals surface area contributed by atoms with Gasteiger partial charge in [-0.3, -0.25) is 0 Å². The van der Waals surface area contributed by atoms with Gasteiger partial charge in [-0.2, -0.15) is 0 Å². The van der Waals surface area contributed by atoms with Crippen molar-refractivity contribution in [3.8, 4) is 56.4 Å². The van der Waals surface area contributed by atoms with Crippen LogP contribution in [-0.4, -0.2) is 15.0 Å². The number of thiophene rings is 1. The van der Waals surface area contributed by atoms with Crippen molar-refractivity contribution in [2.45, 2.75) is 0 Å². The van der Waals surface area contributed by atoms with Crippen LogP contribution in [0.3, 0.4) is 0 Å². The summed E-state index contributed by atoms with van der Waals surface area (Å²) in [7, 11) is 0. The molecule has 0 aliphatic heterocycles. The van der Waals surface area contributed by atoms with Gasteiger partial charge in [0.05, 0.1) is 0 Å². The molecule has 0 bridgehead atoms. The fourth-order valence-electron chi connectivity index (χ4n) is 8.19. The number of aromatic nitrogens is 3. The third-order valence-electron chi connectivity index (χ3n) is 10.9. The maximum Gasteiger partial charge on any atom is 0.164 e. The summed E-state index contributed by atoms with van der Waals surface area (Å²) in [5.74, 6) is 1.70. The van der Waals surface area contributed by atoms with Gasteiger partial charge >= 0.3 is 0 Å². The Bertz CT molecular complexity index is 3540. The molecule has 5 nitrogen and oxygen atoms in total. The molecular weight excluding hydrogens is 719 g/mol. The Morgan fingerprint density at radius 1 is 0.316 bits per heavy atom. The monoisotopic (exact) mass is 747 g/mol. The van der Waals surface area contributed by atoms with E-state index in [1.807, 2.05) is 59.9 Å². The predicted molar refractivity (Wildman–Crippen MR) is 234 cm³/mol. The summed E-state index contributed by atoms with van der Waals surface area (Å²) in [6.45, 7) is 0. The molecule has 0 aliphatic carbocycles. The highest BCUT2D eigenvalue weighted by molar-refractivity contribution is 7.25. The van der Waals surface area contributed by atoms with Crippen molar-refractivity contribution < 1.29 is 8.83 Å². The quantitative estimate of drug-likeness (QED) is 0.175. The molecule has 0 amide bonds. The maximum atomic E-state index is 6.52. The Kier molecular flexibility index (Phi) is 7.03. The zero-order valence-electron chi connectivity index (χ0n) is 30.3. The Hall–Kier alpha value is -7.41. The average Bonchev–Trinajstić information content (AvgIpc) is 3.97. The fraction of sp³-hybridized carbons (Fsp3) is 0. The maximum absolute atomic E-state index is 6.52. The molecule has 6 heteroatoms. The molecule has 0 saturated heterocycles. The minimum Gasteiger partial charge on any atom is -0.456 e. The predicted octanol–water partition coefficient (Wildman–Crippen LogP) is 14.4. The molecule has 0 aliphatic rings. The first-order valence-corrected chi connectivity index (χ1v) is 19.7. The van der Waals surface area contributed by atoms with Crippen molar-refractivity contribution >= 4 is 75.4 Å². The van der Waals surface area contributed by atoms with Gasteiger partial charge in [-0.1, -0.05) is 121 Å². The van der Waals surface area contributed by atoms with E-state index in [2.05, 4.69) is 127 Å².